The second-order valence-electron chi connectivity index (χ2n) is 4.91. The first-order valence-electron chi connectivity index (χ1n) is 6.38. The quantitative estimate of drug-likeness (QED) is 0.853. The van der Waals surface area contributed by atoms with Crippen LogP contribution in [0.2, 0.25) is 0 Å². The third kappa shape index (κ3) is 1.89. The summed E-state index contributed by atoms with van der Waals surface area (Å²) in [5, 5.41) is 0. The number of hydrogen-bond donors (Lipinski definition) is 0. The third-order valence-electron chi connectivity index (χ3n) is 3.52. The Balaban J connectivity index is 2.16. The summed E-state index contributed by atoms with van der Waals surface area (Å²) in [6, 6.07) is 12.6. The second-order valence-corrected chi connectivity index (χ2v) is 6.70. The summed E-state index contributed by atoms with van der Waals surface area (Å²) in [6.45, 7) is 1.83. The molecule has 0 unspecified atom stereocenters. The Morgan fingerprint density at radius 2 is 1.75 bits per heavy atom. The summed E-state index contributed by atoms with van der Waals surface area (Å²) in [7, 11) is -3.87. The van der Waals surface area contributed by atoms with Crippen LogP contribution in [0, 0.1) is 5.82 Å². The van der Waals surface area contributed by atoms with Crippen molar-refractivity contribution >= 4 is 15.7 Å². The van der Waals surface area contributed by atoms with Crippen LogP contribution in [0.1, 0.15) is 12.5 Å². The molecule has 2 aromatic carbocycles. The molecular formula is C15H14FNO2S. The van der Waals surface area contributed by atoms with E-state index in [0.29, 0.717) is 12.1 Å². The Bertz CT molecular complexity index is 758. The number of hydrogen-bond acceptors (Lipinski definition) is 2. The van der Waals surface area contributed by atoms with Gasteiger partial charge in [-0.1, -0.05) is 30.3 Å². The lowest BCUT2D eigenvalue weighted by Gasteiger charge is -2.24. The topological polar surface area (TPSA) is 37.4 Å². The van der Waals surface area contributed by atoms with Crippen molar-refractivity contribution < 1.29 is 12.8 Å². The fraction of sp³-hybridized carbons (Fsp3) is 0.200. The van der Waals surface area contributed by atoms with Gasteiger partial charge in [0.05, 0.1) is 5.69 Å². The van der Waals surface area contributed by atoms with Gasteiger partial charge in [0.15, 0.2) is 0 Å². The molecule has 3 nitrogen and oxygen atoms in total. The molecule has 20 heavy (non-hydrogen) atoms. The second kappa shape index (κ2) is 4.59. The zero-order valence-electron chi connectivity index (χ0n) is 11.0. The first kappa shape index (κ1) is 13.1. The van der Waals surface area contributed by atoms with Crippen LogP contribution in [0.5, 0.6) is 0 Å². The lowest BCUT2D eigenvalue weighted by Crippen LogP contribution is -2.36. The van der Waals surface area contributed by atoms with Gasteiger partial charge in [0.1, 0.15) is 10.7 Å². The number of fused-ring (bicyclic) bond motifs is 1. The maximum Gasteiger partial charge on any atom is 0.267 e. The highest BCUT2D eigenvalue weighted by molar-refractivity contribution is 7.92. The van der Waals surface area contributed by atoms with Crippen LogP contribution in [0.15, 0.2) is 53.4 Å². The Kier molecular flexibility index (Phi) is 3.01. The van der Waals surface area contributed by atoms with Crippen LogP contribution in [-0.2, 0) is 16.4 Å². The van der Waals surface area contributed by atoms with E-state index in [9.17, 15) is 12.8 Å². The summed E-state index contributed by atoms with van der Waals surface area (Å²) in [4.78, 5) is -0.274. The molecule has 0 aromatic heterocycles. The van der Waals surface area contributed by atoms with Gasteiger partial charge in [-0.25, -0.2) is 12.8 Å². The molecule has 0 saturated carbocycles. The number of sulfonamides is 1. The average Bonchev–Trinajstić information content (AvgIpc) is 2.75. The SMILES string of the molecule is C[C@@H]1Cc2ccccc2N1S(=O)(=O)c1ccccc1F. The molecule has 0 radical (unpaired) electrons. The van der Waals surface area contributed by atoms with E-state index < -0.39 is 15.8 Å². The number of para-hydroxylation sites is 1. The molecule has 0 N–H and O–H groups in total. The molecule has 0 amide bonds. The molecule has 1 aliphatic rings. The molecule has 0 fully saturated rings. The Hall–Kier alpha value is -1.88. The van der Waals surface area contributed by atoms with Crippen molar-refractivity contribution in [1.29, 1.82) is 0 Å². The highest BCUT2D eigenvalue weighted by Crippen LogP contribution is 2.36. The monoisotopic (exact) mass is 291 g/mol. The normalized spacial score (nSPS) is 18.1. The van der Waals surface area contributed by atoms with Gasteiger partial charge in [0.2, 0.25) is 0 Å². The Labute approximate surface area is 117 Å². The summed E-state index contributed by atoms with van der Waals surface area (Å²) in [6.07, 6.45) is 0.643. The first-order chi connectivity index (χ1) is 9.51. The van der Waals surface area contributed by atoms with Crippen LogP contribution in [0.25, 0.3) is 0 Å². The van der Waals surface area contributed by atoms with Gasteiger partial charge in [0, 0.05) is 6.04 Å². The summed E-state index contributed by atoms with van der Waals surface area (Å²) < 4.78 is 40.6. The van der Waals surface area contributed by atoms with Crippen LogP contribution in [0.3, 0.4) is 0 Å². The molecule has 5 heteroatoms. The van der Waals surface area contributed by atoms with Crippen LogP contribution in [0.4, 0.5) is 10.1 Å². The molecule has 0 aliphatic carbocycles. The van der Waals surface area contributed by atoms with Crippen molar-refractivity contribution in [2.45, 2.75) is 24.3 Å². The van der Waals surface area contributed by atoms with Gasteiger partial charge in [-0.05, 0) is 37.1 Å². The molecular weight excluding hydrogens is 277 g/mol. The Morgan fingerprint density at radius 3 is 2.50 bits per heavy atom. The van der Waals surface area contributed by atoms with E-state index in [0.717, 1.165) is 5.56 Å². The van der Waals surface area contributed by atoms with Crippen molar-refractivity contribution in [3.8, 4) is 0 Å². The van der Waals surface area contributed by atoms with E-state index in [1.807, 2.05) is 19.1 Å². The number of benzene rings is 2. The van der Waals surface area contributed by atoms with E-state index in [2.05, 4.69) is 0 Å². The van der Waals surface area contributed by atoms with Gasteiger partial charge in [0.25, 0.3) is 10.0 Å². The van der Waals surface area contributed by atoms with Gasteiger partial charge in [-0.3, -0.25) is 4.31 Å². The molecule has 1 aliphatic heterocycles. The average molecular weight is 291 g/mol. The van der Waals surface area contributed by atoms with Crippen LogP contribution >= 0.6 is 0 Å². The molecule has 104 valence electrons. The molecule has 0 bridgehead atoms. The third-order valence-corrected chi connectivity index (χ3v) is 5.48. The lowest BCUT2D eigenvalue weighted by atomic mass is 10.1. The van der Waals surface area contributed by atoms with Crippen molar-refractivity contribution in [2.75, 3.05) is 4.31 Å². The summed E-state index contributed by atoms with van der Waals surface area (Å²) >= 11 is 0. The van der Waals surface area contributed by atoms with Crippen molar-refractivity contribution in [3.05, 3.63) is 59.9 Å². The highest BCUT2D eigenvalue weighted by Gasteiger charge is 2.36. The lowest BCUT2D eigenvalue weighted by molar-refractivity contribution is 0.559. The predicted molar refractivity (Wildman–Crippen MR) is 75.7 cm³/mol. The minimum Gasteiger partial charge on any atom is -0.263 e. The zero-order valence-corrected chi connectivity index (χ0v) is 11.8. The van der Waals surface area contributed by atoms with E-state index in [-0.39, 0.29) is 10.9 Å². The zero-order chi connectivity index (χ0) is 14.3. The first-order valence-corrected chi connectivity index (χ1v) is 7.82. The van der Waals surface area contributed by atoms with Crippen molar-refractivity contribution in [3.63, 3.8) is 0 Å². The van der Waals surface area contributed by atoms with E-state index in [1.54, 1.807) is 12.1 Å². The fourth-order valence-electron chi connectivity index (χ4n) is 2.66. The molecule has 1 heterocycles. The summed E-state index contributed by atoms with van der Waals surface area (Å²) in [5.41, 5.74) is 1.61. The van der Waals surface area contributed by atoms with Gasteiger partial charge < -0.3 is 0 Å². The van der Waals surface area contributed by atoms with Gasteiger partial charge >= 0.3 is 0 Å². The highest BCUT2D eigenvalue weighted by atomic mass is 32.2. The van der Waals surface area contributed by atoms with Crippen molar-refractivity contribution in [2.24, 2.45) is 0 Å². The molecule has 0 spiro atoms. The van der Waals surface area contributed by atoms with E-state index >= 15 is 0 Å². The van der Waals surface area contributed by atoms with Crippen LogP contribution < -0.4 is 4.31 Å². The largest absolute Gasteiger partial charge is 0.267 e. The number of nitrogens with zero attached hydrogens (tertiary/aromatic N) is 1. The maximum atomic E-state index is 13.8. The maximum absolute atomic E-state index is 13.8. The minimum atomic E-state index is -3.87. The number of halogens is 1. The number of anilines is 1. The Morgan fingerprint density at radius 1 is 1.10 bits per heavy atom. The summed E-state index contributed by atoms with van der Waals surface area (Å²) in [5.74, 6) is -0.718. The molecule has 3 rings (SSSR count). The molecule has 1 atom stereocenters. The molecule has 2 aromatic rings. The van der Waals surface area contributed by atoms with Gasteiger partial charge in [-0.15, -0.1) is 0 Å². The number of rotatable bonds is 2. The predicted octanol–water partition coefficient (Wildman–Crippen LogP) is 2.97. The van der Waals surface area contributed by atoms with E-state index in [1.165, 1.54) is 28.6 Å². The molecule has 0 saturated heterocycles. The fourth-order valence-corrected chi connectivity index (χ4v) is 4.43. The minimum absolute atomic E-state index is 0.211. The van der Waals surface area contributed by atoms with Crippen molar-refractivity contribution in [1.82, 2.24) is 0 Å². The standard InChI is InChI=1S/C15H14FNO2S/c1-11-10-12-6-2-4-8-14(12)17(11)20(18,19)15-9-5-3-7-13(15)16/h2-9,11H,10H2,1H3/t11-/m1/s1. The van der Waals surface area contributed by atoms with E-state index in [4.69, 9.17) is 0 Å². The smallest absolute Gasteiger partial charge is 0.263 e. The van der Waals surface area contributed by atoms with Crippen LogP contribution in [-0.4, -0.2) is 14.5 Å². The van der Waals surface area contributed by atoms with Gasteiger partial charge in [-0.2, -0.15) is 0 Å².